The second kappa shape index (κ2) is 7.88. The molecule has 1 N–H and O–H groups in total. The third kappa shape index (κ3) is 4.22. The Bertz CT molecular complexity index is 437. The summed E-state index contributed by atoms with van der Waals surface area (Å²) in [6, 6.07) is 3.76. The van der Waals surface area contributed by atoms with Crippen molar-refractivity contribution in [3.63, 3.8) is 0 Å². The minimum absolute atomic E-state index is 0.106. The van der Waals surface area contributed by atoms with Gasteiger partial charge in [-0.3, -0.25) is 4.79 Å². The Morgan fingerprint density at radius 3 is 2.30 bits per heavy atom. The number of nitrogens with one attached hydrogen (secondary N) is 1. The average molecular weight is 277 g/mol. The van der Waals surface area contributed by atoms with Crippen molar-refractivity contribution in [3.8, 4) is 0 Å². The van der Waals surface area contributed by atoms with Crippen molar-refractivity contribution in [3.05, 3.63) is 23.4 Å². The molecule has 0 spiro atoms. The summed E-state index contributed by atoms with van der Waals surface area (Å²) in [5.41, 5.74) is 1.68. The van der Waals surface area contributed by atoms with Gasteiger partial charge in [0.05, 0.1) is 0 Å². The van der Waals surface area contributed by atoms with E-state index in [-0.39, 0.29) is 5.91 Å². The van der Waals surface area contributed by atoms with Crippen molar-refractivity contribution in [2.75, 3.05) is 25.5 Å². The zero-order valence-corrected chi connectivity index (χ0v) is 13.4. The Balaban J connectivity index is 3.09. The summed E-state index contributed by atoms with van der Waals surface area (Å²) in [6.07, 6.45) is 1.96. The number of nitrogens with zero attached hydrogens (tertiary/aromatic N) is 2. The number of amides is 1. The fourth-order valence-electron chi connectivity index (χ4n) is 2.14. The monoisotopic (exact) mass is 277 g/mol. The first-order valence-corrected chi connectivity index (χ1v) is 7.52. The van der Waals surface area contributed by atoms with Crippen molar-refractivity contribution < 1.29 is 4.79 Å². The highest BCUT2D eigenvalue weighted by atomic mass is 16.2. The minimum atomic E-state index is 0.106. The number of hydrogen-bond donors (Lipinski definition) is 1. The highest BCUT2D eigenvalue weighted by Gasteiger charge is 2.17. The fraction of sp³-hybridized carbons (Fsp3) is 0.625. The molecular formula is C16H27N3O. The van der Waals surface area contributed by atoms with Crippen molar-refractivity contribution in [2.45, 2.75) is 46.5 Å². The molecule has 0 aliphatic rings. The number of aromatic nitrogens is 1. The maximum Gasteiger partial charge on any atom is 0.254 e. The van der Waals surface area contributed by atoms with E-state index in [1.54, 1.807) is 0 Å². The van der Waals surface area contributed by atoms with E-state index in [1.165, 1.54) is 0 Å². The van der Waals surface area contributed by atoms with Crippen LogP contribution in [0.3, 0.4) is 0 Å². The second-order valence-electron chi connectivity index (χ2n) is 5.36. The minimum Gasteiger partial charge on any atom is -0.373 e. The third-order valence-corrected chi connectivity index (χ3v) is 3.21. The number of carbonyl (C=O) groups is 1. The van der Waals surface area contributed by atoms with E-state index >= 15 is 0 Å². The van der Waals surface area contributed by atoms with Crippen LogP contribution in [-0.2, 0) is 0 Å². The summed E-state index contributed by atoms with van der Waals surface area (Å²) in [7, 11) is 1.83. The highest BCUT2D eigenvalue weighted by molar-refractivity contribution is 5.95. The van der Waals surface area contributed by atoms with Gasteiger partial charge in [0.1, 0.15) is 5.82 Å². The normalized spacial score (nSPS) is 10.7. The maximum atomic E-state index is 12.6. The Kier molecular flexibility index (Phi) is 6.49. The van der Waals surface area contributed by atoms with Crippen LogP contribution in [0.4, 0.5) is 5.82 Å². The molecule has 1 heterocycles. The van der Waals surface area contributed by atoms with Crippen LogP contribution in [0.15, 0.2) is 12.1 Å². The van der Waals surface area contributed by atoms with E-state index in [9.17, 15) is 4.79 Å². The molecule has 4 nitrogen and oxygen atoms in total. The molecular weight excluding hydrogens is 250 g/mol. The predicted octanol–water partition coefficient (Wildman–Crippen LogP) is 3.51. The zero-order chi connectivity index (χ0) is 15.1. The van der Waals surface area contributed by atoms with E-state index in [0.29, 0.717) is 5.92 Å². The molecule has 0 aliphatic carbocycles. The molecule has 0 unspecified atom stereocenters. The molecule has 20 heavy (non-hydrogen) atoms. The van der Waals surface area contributed by atoms with Gasteiger partial charge < -0.3 is 10.2 Å². The summed E-state index contributed by atoms with van der Waals surface area (Å²) in [6.45, 7) is 9.99. The first-order chi connectivity index (χ1) is 9.53. The van der Waals surface area contributed by atoms with Gasteiger partial charge in [0, 0.05) is 31.4 Å². The number of anilines is 1. The molecule has 0 bridgehead atoms. The lowest BCUT2D eigenvalue weighted by Gasteiger charge is -2.22. The van der Waals surface area contributed by atoms with Crippen molar-refractivity contribution >= 4 is 11.7 Å². The lowest BCUT2D eigenvalue weighted by Crippen LogP contribution is -2.32. The summed E-state index contributed by atoms with van der Waals surface area (Å²) < 4.78 is 0. The van der Waals surface area contributed by atoms with Gasteiger partial charge in [-0.25, -0.2) is 4.98 Å². The summed E-state index contributed by atoms with van der Waals surface area (Å²) >= 11 is 0. The topological polar surface area (TPSA) is 45.2 Å². The van der Waals surface area contributed by atoms with Crippen LogP contribution in [0.2, 0.25) is 0 Å². The molecule has 1 aromatic heterocycles. The van der Waals surface area contributed by atoms with Crippen LogP contribution in [0.25, 0.3) is 0 Å². The Labute approximate surface area is 122 Å². The summed E-state index contributed by atoms with van der Waals surface area (Å²) in [4.78, 5) is 19.1. The molecule has 0 aromatic carbocycles. The number of carbonyl (C=O) groups excluding carboxylic acids is 1. The van der Waals surface area contributed by atoms with Gasteiger partial charge in [-0.2, -0.15) is 0 Å². The maximum absolute atomic E-state index is 12.6. The van der Waals surface area contributed by atoms with Crippen LogP contribution >= 0.6 is 0 Å². The molecule has 4 heteroatoms. The fourth-order valence-corrected chi connectivity index (χ4v) is 2.14. The van der Waals surface area contributed by atoms with Crippen LogP contribution in [0.1, 0.15) is 62.5 Å². The van der Waals surface area contributed by atoms with Crippen LogP contribution < -0.4 is 5.32 Å². The molecule has 0 radical (unpaired) electrons. The van der Waals surface area contributed by atoms with Gasteiger partial charge >= 0.3 is 0 Å². The van der Waals surface area contributed by atoms with Gasteiger partial charge in [0.25, 0.3) is 5.91 Å². The van der Waals surface area contributed by atoms with Crippen molar-refractivity contribution in [1.29, 1.82) is 0 Å². The Morgan fingerprint density at radius 1 is 1.25 bits per heavy atom. The first kappa shape index (κ1) is 16.5. The first-order valence-electron chi connectivity index (χ1n) is 7.52. The zero-order valence-electron chi connectivity index (χ0n) is 13.4. The molecule has 112 valence electrons. The molecule has 0 aliphatic heterocycles. The number of rotatable bonds is 7. The molecule has 1 aromatic rings. The largest absolute Gasteiger partial charge is 0.373 e. The lowest BCUT2D eigenvalue weighted by atomic mass is 10.1. The molecule has 1 amide bonds. The van der Waals surface area contributed by atoms with Crippen molar-refractivity contribution in [1.82, 2.24) is 9.88 Å². The smallest absolute Gasteiger partial charge is 0.254 e. The van der Waals surface area contributed by atoms with Crippen LogP contribution in [0.5, 0.6) is 0 Å². The van der Waals surface area contributed by atoms with Gasteiger partial charge in [-0.05, 0) is 30.9 Å². The summed E-state index contributed by atoms with van der Waals surface area (Å²) in [5.74, 6) is 1.17. The molecule has 1 rings (SSSR count). The average Bonchev–Trinajstić information content (AvgIpc) is 2.45. The van der Waals surface area contributed by atoms with E-state index in [4.69, 9.17) is 0 Å². The number of pyridine rings is 1. The molecule has 0 fully saturated rings. The van der Waals surface area contributed by atoms with Crippen molar-refractivity contribution in [2.24, 2.45) is 0 Å². The van der Waals surface area contributed by atoms with Crippen LogP contribution in [-0.4, -0.2) is 35.9 Å². The quantitative estimate of drug-likeness (QED) is 0.829. The number of hydrogen-bond acceptors (Lipinski definition) is 3. The standard InChI is InChI=1S/C16H27N3O/c1-6-8-19(9-7-2)16(20)13-10-14(12(3)4)18-15(11-13)17-5/h10-12H,6-9H2,1-5H3,(H,17,18). The van der Waals surface area contributed by atoms with Gasteiger partial charge in [-0.15, -0.1) is 0 Å². The lowest BCUT2D eigenvalue weighted by molar-refractivity contribution is 0.0755. The van der Waals surface area contributed by atoms with Crippen LogP contribution in [0, 0.1) is 0 Å². The van der Waals surface area contributed by atoms with Gasteiger partial charge in [-0.1, -0.05) is 27.7 Å². The van der Waals surface area contributed by atoms with E-state index < -0.39 is 0 Å². The van der Waals surface area contributed by atoms with E-state index in [2.05, 4.69) is 38.0 Å². The second-order valence-corrected chi connectivity index (χ2v) is 5.36. The molecule has 0 atom stereocenters. The predicted molar refractivity (Wildman–Crippen MR) is 84.4 cm³/mol. The van der Waals surface area contributed by atoms with Gasteiger partial charge in [0.2, 0.25) is 0 Å². The Morgan fingerprint density at radius 2 is 1.85 bits per heavy atom. The SMILES string of the molecule is CCCN(CCC)C(=O)c1cc(NC)nc(C(C)C)c1. The van der Waals surface area contributed by atoms with E-state index in [0.717, 1.165) is 43.0 Å². The third-order valence-electron chi connectivity index (χ3n) is 3.21. The van der Waals surface area contributed by atoms with Gasteiger partial charge in [0.15, 0.2) is 0 Å². The highest BCUT2D eigenvalue weighted by Crippen LogP contribution is 2.19. The molecule has 0 saturated heterocycles. The summed E-state index contributed by atoms with van der Waals surface area (Å²) in [5, 5.41) is 3.04. The Hall–Kier alpha value is -1.58. The molecule has 0 saturated carbocycles. The van der Waals surface area contributed by atoms with E-state index in [1.807, 2.05) is 24.1 Å².